The number of thiophene rings is 1. The molecule has 0 spiro atoms. The van der Waals surface area contributed by atoms with Crippen LogP contribution in [0.5, 0.6) is 0 Å². The molecule has 0 radical (unpaired) electrons. The molecule has 3 aromatic heterocycles. The minimum absolute atomic E-state index is 0.102. The van der Waals surface area contributed by atoms with Gasteiger partial charge in [0.15, 0.2) is 0 Å². The van der Waals surface area contributed by atoms with Gasteiger partial charge in [0.25, 0.3) is 5.91 Å². The van der Waals surface area contributed by atoms with Crippen LogP contribution in [0, 0.1) is 0 Å². The lowest BCUT2D eigenvalue weighted by molar-refractivity contribution is -0.0323. The number of pyridine rings is 1. The first-order valence-corrected chi connectivity index (χ1v) is 11.0. The summed E-state index contributed by atoms with van der Waals surface area (Å²) in [6.07, 6.45) is 5.59. The Hall–Kier alpha value is -2.33. The molecule has 3 aromatic rings. The Morgan fingerprint density at radius 3 is 3.17 bits per heavy atom. The molecule has 4 rings (SSSR count). The van der Waals surface area contributed by atoms with E-state index in [1.807, 2.05) is 23.0 Å². The summed E-state index contributed by atoms with van der Waals surface area (Å²) in [6.45, 7) is 6.89. The van der Waals surface area contributed by atoms with Crippen LogP contribution >= 0.6 is 11.3 Å². The van der Waals surface area contributed by atoms with E-state index in [4.69, 9.17) is 9.47 Å². The van der Waals surface area contributed by atoms with Crippen LogP contribution in [-0.2, 0) is 22.6 Å². The Kier molecular flexibility index (Phi) is 6.73. The van der Waals surface area contributed by atoms with E-state index in [-0.39, 0.29) is 12.0 Å². The molecule has 0 saturated carbocycles. The minimum atomic E-state index is -0.180. The van der Waals surface area contributed by atoms with Crippen molar-refractivity contribution in [3.05, 3.63) is 46.7 Å². The van der Waals surface area contributed by atoms with E-state index in [0.717, 1.165) is 42.0 Å². The Morgan fingerprint density at radius 2 is 2.37 bits per heavy atom. The molecule has 0 bridgehead atoms. The quantitative estimate of drug-likeness (QED) is 0.554. The molecule has 8 nitrogen and oxygen atoms in total. The van der Waals surface area contributed by atoms with Gasteiger partial charge >= 0.3 is 0 Å². The van der Waals surface area contributed by atoms with Crippen molar-refractivity contribution >= 4 is 27.5 Å². The van der Waals surface area contributed by atoms with Gasteiger partial charge in [-0.2, -0.15) is 5.10 Å². The van der Waals surface area contributed by atoms with Crippen LogP contribution in [0.1, 0.15) is 33.8 Å². The number of hydrogen-bond donors (Lipinski definition) is 1. The van der Waals surface area contributed by atoms with Crippen molar-refractivity contribution in [1.29, 1.82) is 0 Å². The highest BCUT2D eigenvalue weighted by atomic mass is 32.1. The molecule has 1 unspecified atom stereocenters. The predicted octanol–water partition coefficient (Wildman–Crippen LogP) is 2.46. The van der Waals surface area contributed by atoms with Gasteiger partial charge < -0.3 is 14.8 Å². The van der Waals surface area contributed by atoms with Crippen LogP contribution in [0.25, 0.3) is 10.2 Å². The number of rotatable bonds is 8. The van der Waals surface area contributed by atoms with Crippen LogP contribution in [-0.4, -0.2) is 65.5 Å². The fraction of sp³-hybridized carbons (Fsp3) is 0.476. The van der Waals surface area contributed by atoms with Crippen LogP contribution in [0.15, 0.2) is 30.7 Å². The number of ether oxygens (including phenoxy) is 2. The van der Waals surface area contributed by atoms with Crippen molar-refractivity contribution in [2.24, 2.45) is 0 Å². The second-order valence-corrected chi connectivity index (χ2v) is 8.25. The third-order valence-electron chi connectivity index (χ3n) is 5.19. The maximum absolute atomic E-state index is 12.9. The second kappa shape index (κ2) is 9.65. The van der Waals surface area contributed by atoms with Crippen molar-refractivity contribution in [3.8, 4) is 0 Å². The summed E-state index contributed by atoms with van der Waals surface area (Å²) in [5.41, 5.74) is 2.12. The van der Waals surface area contributed by atoms with E-state index in [1.54, 1.807) is 13.3 Å². The SMILES string of the molecule is CCn1cc(CN2CCOC(c3c(C(=O)NCCOC)sc4ncccc34)C2)cn1. The number of amides is 1. The van der Waals surface area contributed by atoms with Crippen molar-refractivity contribution in [1.82, 2.24) is 25.0 Å². The maximum atomic E-state index is 12.9. The molecule has 0 aromatic carbocycles. The van der Waals surface area contributed by atoms with Crippen molar-refractivity contribution in [3.63, 3.8) is 0 Å². The Labute approximate surface area is 179 Å². The van der Waals surface area contributed by atoms with Crippen molar-refractivity contribution in [2.45, 2.75) is 26.1 Å². The molecular formula is C21H27N5O3S. The monoisotopic (exact) mass is 429 g/mol. The number of carbonyl (C=O) groups excluding carboxylic acids is 1. The molecule has 1 fully saturated rings. The zero-order valence-corrected chi connectivity index (χ0v) is 18.2. The van der Waals surface area contributed by atoms with Gasteiger partial charge in [-0.15, -0.1) is 11.3 Å². The normalized spacial score (nSPS) is 17.5. The highest BCUT2D eigenvalue weighted by molar-refractivity contribution is 7.20. The number of aromatic nitrogens is 3. The lowest BCUT2D eigenvalue weighted by Gasteiger charge is -2.33. The van der Waals surface area contributed by atoms with E-state index in [9.17, 15) is 4.79 Å². The van der Waals surface area contributed by atoms with E-state index >= 15 is 0 Å². The fourth-order valence-electron chi connectivity index (χ4n) is 3.73. The van der Waals surface area contributed by atoms with Crippen LogP contribution in [0.4, 0.5) is 0 Å². The number of methoxy groups -OCH3 is 1. The Morgan fingerprint density at radius 1 is 1.47 bits per heavy atom. The third kappa shape index (κ3) is 4.54. The summed E-state index contributed by atoms with van der Waals surface area (Å²) in [6, 6.07) is 3.93. The van der Waals surface area contributed by atoms with Gasteiger partial charge in [-0.3, -0.25) is 14.4 Å². The first kappa shape index (κ1) is 20.9. The fourth-order valence-corrected chi connectivity index (χ4v) is 4.84. The van der Waals surface area contributed by atoms with Crippen molar-refractivity contribution in [2.75, 3.05) is 40.0 Å². The molecule has 1 aliphatic rings. The van der Waals surface area contributed by atoms with E-state index in [2.05, 4.69) is 33.4 Å². The summed E-state index contributed by atoms with van der Waals surface area (Å²) in [7, 11) is 1.62. The Bertz CT molecular complexity index is 1000. The number of aryl methyl sites for hydroxylation is 1. The summed E-state index contributed by atoms with van der Waals surface area (Å²) in [5.74, 6) is -0.102. The third-order valence-corrected chi connectivity index (χ3v) is 6.32. The molecule has 160 valence electrons. The molecule has 30 heavy (non-hydrogen) atoms. The number of hydrogen-bond acceptors (Lipinski definition) is 7. The highest BCUT2D eigenvalue weighted by Crippen LogP contribution is 2.37. The molecule has 9 heteroatoms. The number of fused-ring (bicyclic) bond motifs is 1. The van der Waals surface area contributed by atoms with Crippen LogP contribution < -0.4 is 5.32 Å². The summed E-state index contributed by atoms with van der Waals surface area (Å²) in [5, 5.41) is 8.30. The first-order chi connectivity index (χ1) is 14.7. The van der Waals surface area contributed by atoms with Crippen LogP contribution in [0.2, 0.25) is 0 Å². The smallest absolute Gasteiger partial charge is 0.261 e. The average molecular weight is 430 g/mol. The van der Waals surface area contributed by atoms with Crippen LogP contribution in [0.3, 0.4) is 0 Å². The van der Waals surface area contributed by atoms with Gasteiger partial charge in [-0.1, -0.05) is 6.07 Å². The molecule has 1 saturated heterocycles. The molecule has 1 amide bonds. The number of morpholine rings is 1. The highest BCUT2D eigenvalue weighted by Gasteiger charge is 2.30. The lowest BCUT2D eigenvalue weighted by Crippen LogP contribution is -2.38. The molecule has 1 atom stereocenters. The molecular weight excluding hydrogens is 402 g/mol. The van der Waals surface area contributed by atoms with E-state index in [0.29, 0.717) is 24.6 Å². The van der Waals surface area contributed by atoms with Gasteiger partial charge in [0.1, 0.15) is 9.71 Å². The molecule has 1 N–H and O–H groups in total. The van der Waals surface area contributed by atoms with Gasteiger partial charge in [0, 0.05) is 68.7 Å². The van der Waals surface area contributed by atoms with E-state index < -0.39 is 0 Å². The lowest BCUT2D eigenvalue weighted by atomic mass is 10.0. The largest absolute Gasteiger partial charge is 0.383 e. The topological polar surface area (TPSA) is 81.5 Å². The Balaban J connectivity index is 1.57. The first-order valence-electron chi connectivity index (χ1n) is 10.2. The van der Waals surface area contributed by atoms with E-state index in [1.165, 1.54) is 16.9 Å². The van der Waals surface area contributed by atoms with Crippen molar-refractivity contribution < 1.29 is 14.3 Å². The minimum Gasteiger partial charge on any atom is -0.383 e. The summed E-state index contributed by atoms with van der Waals surface area (Å²) in [4.78, 5) is 21.3. The molecule has 1 aliphatic heterocycles. The zero-order chi connectivity index (χ0) is 20.9. The van der Waals surface area contributed by atoms with Gasteiger partial charge in [0.05, 0.1) is 25.5 Å². The average Bonchev–Trinajstić information content (AvgIpc) is 3.38. The van der Waals surface area contributed by atoms with Gasteiger partial charge in [-0.25, -0.2) is 4.98 Å². The van der Waals surface area contributed by atoms with Gasteiger partial charge in [-0.05, 0) is 13.0 Å². The number of nitrogens with zero attached hydrogens (tertiary/aromatic N) is 4. The predicted molar refractivity (Wildman–Crippen MR) is 116 cm³/mol. The number of nitrogens with one attached hydrogen (secondary N) is 1. The maximum Gasteiger partial charge on any atom is 0.261 e. The van der Waals surface area contributed by atoms with Gasteiger partial charge in [0.2, 0.25) is 0 Å². The molecule has 4 heterocycles. The molecule has 0 aliphatic carbocycles. The summed E-state index contributed by atoms with van der Waals surface area (Å²) < 4.78 is 13.1. The second-order valence-electron chi connectivity index (χ2n) is 7.25. The number of carbonyl (C=O) groups is 1. The standard InChI is InChI=1S/C21H27N5O3S/c1-3-26-13-15(11-24-26)12-25-8-10-29-17(14-25)18-16-5-4-6-23-21(16)30-19(18)20(27)22-7-9-28-2/h4-6,11,13,17H,3,7-10,12,14H2,1-2H3,(H,22,27). The zero-order valence-electron chi connectivity index (χ0n) is 17.3. The summed E-state index contributed by atoms with van der Waals surface area (Å²) >= 11 is 1.42.